The molecule has 1 aromatic carbocycles. The first-order valence-electron chi connectivity index (χ1n) is 7.10. The first-order chi connectivity index (χ1) is 10.1. The molecule has 1 unspecified atom stereocenters. The van der Waals surface area contributed by atoms with Crippen LogP contribution in [-0.2, 0) is 6.54 Å². The number of nitrogens with one attached hydrogen (secondary N) is 2. The summed E-state index contributed by atoms with van der Waals surface area (Å²) in [4.78, 5) is 11.7. The summed E-state index contributed by atoms with van der Waals surface area (Å²) in [5.74, 6) is 0.925. The molecule has 0 saturated carbocycles. The molecule has 0 aliphatic heterocycles. The summed E-state index contributed by atoms with van der Waals surface area (Å²) in [5.41, 5.74) is 0.875. The van der Waals surface area contributed by atoms with E-state index in [0.717, 1.165) is 5.56 Å². The summed E-state index contributed by atoms with van der Waals surface area (Å²) in [6.45, 7) is 5.44. The molecule has 1 rings (SSSR count). The van der Waals surface area contributed by atoms with Crippen LogP contribution in [0.15, 0.2) is 18.2 Å². The Labute approximate surface area is 130 Å². The molecule has 3 N–H and O–H groups in total. The number of benzene rings is 1. The fourth-order valence-corrected chi connectivity index (χ4v) is 1.95. The molecule has 5 nitrogen and oxygen atoms in total. The smallest absolute Gasteiger partial charge is 0.315 e. The number of aliphatic hydroxyl groups is 1. The van der Waals surface area contributed by atoms with E-state index in [1.165, 1.54) is 0 Å². The van der Waals surface area contributed by atoms with Crippen molar-refractivity contribution >= 4 is 17.6 Å². The molecule has 0 saturated heterocycles. The zero-order valence-corrected chi connectivity index (χ0v) is 13.2. The molecule has 0 aliphatic carbocycles. The van der Waals surface area contributed by atoms with Crippen molar-refractivity contribution in [2.75, 3.05) is 19.8 Å². The van der Waals surface area contributed by atoms with Gasteiger partial charge >= 0.3 is 6.03 Å². The van der Waals surface area contributed by atoms with Crippen LogP contribution in [0.1, 0.15) is 25.8 Å². The average molecular weight is 315 g/mol. The van der Waals surface area contributed by atoms with Gasteiger partial charge in [-0.05, 0) is 31.4 Å². The molecule has 118 valence electrons. The lowest BCUT2D eigenvalue weighted by molar-refractivity contribution is 0.233. The lowest BCUT2D eigenvalue weighted by Crippen LogP contribution is -2.37. The molecule has 1 atom stereocenters. The van der Waals surface area contributed by atoms with E-state index in [1.54, 1.807) is 12.1 Å². The Balaban J connectivity index is 2.45. The standard InChI is InChI=1S/C15H23ClN2O3/c1-3-21-14-8-13(16)5-4-12(14)10-18-15(20)17-9-11(2)6-7-19/h4-5,8,11,19H,3,6-7,9-10H2,1-2H3,(H2,17,18,20). The lowest BCUT2D eigenvalue weighted by atomic mass is 10.1. The summed E-state index contributed by atoms with van der Waals surface area (Å²) in [6, 6.07) is 5.10. The molecular formula is C15H23ClN2O3. The van der Waals surface area contributed by atoms with E-state index in [2.05, 4.69) is 10.6 Å². The Morgan fingerprint density at radius 3 is 2.86 bits per heavy atom. The maximum atomic E-state index is 11.7. The topological polar surface area (TPSA) is 70.6 Å². The highest BCUT2D eigenvalue weighted by Crippen LogP contribution is 2.23. The Bertz CT molecular complexity index is 455. The van der Waals surface area contributed by atoms with E-state index < -0.39 is 0 Å². The SMILES string of the molecule is CCOc1cc(Cl)ccc1CNC(=O)NCC(C)CCO. The Morgan fingerprint density at radius 2 is 2.19 bits per heavy atom. The minimum atomic E-state index is -0.239. The van der Waals surface area contributed by atoms with Gasteiger partial charge in [-0.3, -0.25) is 0 Å². The second kappa shape index (κ2) is 9.47. The van der Waals surface area contributed by atoms with Crippen LogP contribution in [0, 0.1) is 5.92 Å². The van der Waals surface area contributed by atoms with Crippen molar-refractivity contribution < 1.29 is 14.6 Å². The fraction of sp³-hybridized carbons (Fsp3) is 0.533. The van der Waals surface area contributed by atoms with Crippen molar-refractivity contribution in [1.82, 2.24) is 10.6 Å². The number of carbonyl (C=O) groups excluding carboxylic acids is 1. The molecule has 2 amide bonds. The van der Waals surface area contributed by atoms with Crippen LogP contribution >= 0.6 is 11.6 Å². The van der Waals surface area contributed by atoms with Crippen LogP contribution in [0.3, 0.4) is 0 Å². The highest BCUT2D eigenvalue weighted by molar-refractivity contribution is 6.30. The third-order valence-corrected chi connectivity index (χ3v) is 3.24. The molecule has 0 spiro atoms. The van der Waals surface area contributed by atoms with Gasteiger partial charge in [-0.2, -0.15) is 0 Å². The molecule has 21 heavy (non-hydrogen) atoms. The van der Waals surface area contributed by atoms with E-state index >= 15 is 0 Å². The number of halogens is 1. The summed E-state index contributed by atoms with van der Waals surface area (Å²) < 4.78 is 5.50. The zero-order chi connectivity index (χ0) is 15.7. The molecule has 0 radical (unpaired) electrons. The highest BCUT2D eigenvalue weighted by atomic mass is 35.5. The predicted octanol–water partition coefficient (Wildman–Crippen LogP) is 2.56. The lowest BCUT2D eigenvalue weighted by Gasteiger charge is -2.14. The molecule has 0 aromatic heterocycles. The number of urea groups is 1. The number of amides is 2. The van der Waals surface area contributed by atoms with Gasteiger partial charge in [-0.1, -0.05) is 24.6 Å². The van der Waals surface area contributed by atoms with Crippen LogP contribution in [0.5, 0.6) is 5.75 Å². The van der Waals surface area contributed by atoms with E-state index in [4.69, 9.17) is 21.4 Å². The molecule has 6 heteroatoms. The summed E-state index contributed by atoms with van der Waals surface area (Å²) in [7, 11) is 0. The summed E-state index contributed by atoms with van der Waals surface area (Å²) >= 11 is 5.93. The number of rotatable bonds is 8. The van der Waals surface area contributed by atoms with Crippen LogP contribution in [0.2, 0.25) is 5.02 Å². The maximum absolute atomic E-state index is 11.7. The molecular weight excluding hydrogens is 292 g/mol. The van der Waals surface area contributed by atoms with Gasteiger partial charge in [0.25, 0.3) is 0 Å². The number of hydrogen-bond donors (Lipinski definition) is 3. The quantitative estimate of drug-likeness (QED) is 0.690. The van der Waals surface area contributed by atoms with Crippen molar-refractivity contribution in [3.05, 3.63) is 28.8 Å². The van der Waals surface area contributed by atoms with Gasteiger partial charge in [-0.25, -0.2) is 4.79 Å². The van der Waals surface area contributed by atoms with Gasteiger partial charge in [0, 0.05) is 30.3 Å². The normalized spacial score (nSPS) is 11.8. The van der Waals surface area contributed by atoms with Crippen molar-refractivity contribution in [2.24, 2.45) is 5.92 Å². The van der Waals surface area contributed by atoms with Gasteiger partial charge in [0.05, 0.1) is 6.61 Å². The number of carbonyl (C=O) groups is 1. The van der Waals surface area contributed by atoms with Gasteiger partial charge in [0.15, 0.2) is 0 Å². The fourth-order valence-electron chi connectivity index (χ4n) is 1.79. The number of hydrogen-bond acceptors (Lipinski definition) is 3. The van der Waals surface area contributed by atoms with Crippen LogP contribution < -0.4 is 15.4 Å². The largest absolute Gasteiger partial charge is 0.493 e. The van der Waals surface area contributed by atoms with Crippen LogP contribution in [0.4, 0.5) is 4.79 Å². The number of ether oxygens (including phenoxy) is 1. The van der Waals surface area contributed by atoms with E-state index in [0.29, 0.717) is 36.9 Å². The van der Waals surface area contributed by atoms with Gasteiger partial charge in [0.2, 0.25) is 0 Å². The monoisotopic (exact) mass is 314 g/mol. The van der Waals surface area contributed by atoms with Gasteiger partial charge < -0.3 is 20.5 Å². The van der Waals surface area contributed by atoms with Gasteiger partial charge in [0.1, 0.15) is 5.75 Å². The first kappa shape index (κ1) is 17.6. The molecule has 0 aliphatic rings. The minimum absolute atomic E-state index is 0.132. The minimum Gasteiger partial charge on any atom is -0.493 e. The molecule has 0 fully saturated rings. The van der Waals surface area contributed by atoms with Crippen molar-refractivity contribution in [1.29, 1.82) is 0 Å². The Kier molecular flexibility index (Phi) is 7.93. The third kappa shape index (κ3) is 6.69. The predicted molar refractivity (Wildman–Crippen MR) is 83.7 cm³/mol. The van der Waals surface area contributed by atoms with E-state index in [9.17, 15) is 4.79 Å². The second-order valence-electron chi connectivity index (χ2n) is 4.87. The van der Waals surface area contributed by atoms with E-state index in [-0.39, 0.29) is 18.6 Å². The molecule has 1 aromatic rings. The zero-order valence-electron chi connectivity index (χ0n) is 12.5. The second-order valence-corrected chi connectivity index (χ2v) is 5.30. The number of aliphatic hydroxyl groups excluding tert-OH is 1. The van der Waals surface area contributed by atoms with Crippen LogP contribution in [0.25, 0.3) is 0 Å². The Hall–Kier alpha value is -1.46. The van der Waals surface area contributed by atoms with Crippen LogP contribution in [-0.4, -0.2) is 30.9 Å². The third-order valence-electron chi connectivity index (χ3n) is 3.00. The van der Waals surface area contributed by atoms with Crippen molar-refractivity contribution in [3.63, 3.8) is 0 Å². The summed E-state index contributed by atoms with van der Waals surface area (Å²) in [6.07, 6.45) is 0.673. The maximum Gasteiger partial charge on any atom is 0.315 e. The first-order valence-corrected chi connectivity index (χ1v) is 7.48. The Morgan fingerprint density at radius 1 is 1.43 bits per heavy atom. The molecule has 0 heterocycles. The van der Waals surface area contributed by atoms with E-state index in [1.807, 2.05) is 19.9 Å². The molecule has 0 bridgehead atoms. The average Bonchev–Trinajstić information content (AvgIpc) is 2.45. The van der Waals surface area contributed by atoms with Crippen molar-refractivity contribution in [3.8, 4) is 5.75 Å². The summed E-state index contributed by atoms with van der Waals surface area (Å²) in [5, 5.41) is 15.0. The van der Waals surface area contributed by atoms with Crippen molar-refractivity contribution in [2.45, 2.75) is 26.8 Å². The highest BCUT2D eigenvalue weighted by Gasteiger charge is 2.08. The van der Waals surface area contributed by atoms with Gasteiger partial charge in [-0.15, -0.1) is 0 Å².